The Morgan fingerprint density at radius 1 is 0.548 bits per heavy atom. The molecule has 2 aliphatic carbocycles. The van der Waals surface area contributed by atoms with Crippen LogP contribution in [0.2, 0.25) is 0 Å². The highest BCUT2D eigenvalue weighted by molar-refractivity contribution is 7.22. The Morgan fingerprint density at radius 2 is 1.17 bits per heavy atom. The van der Waals surface area contributed by atoms with Crippen molar-refractivity contribution in [2.75, 3.05) is 0 Å². The van der Waals surface area contributed by atoms with Crippen LogP contribution in [0.3, 0.4) is 0 Å². The summed E-state index contributed by atoms with van der Waals surface area (Å²) >= 11 is 3.50. The van der Waals surface area contributed by atoms with Crippen LogP contribution in [-0.2, 0) is 0 Å². The van der Waals surface area contributed by atoms with Crippen molar-refractivity contribution in [3.05, 3.63) is 153 Å². The molecule has 4 aromatic carbocycles. The number of thiophene rings is 2. The van der Waals surface area contributed by atoms with Crippen molar-refractivity contribution in [1.82, 2.24) is 0 Å². The zero-order chi connectivity index (χ0) is 27.9. The molecule has 0 saturated carbocycles. The number of hydrogen-bond donors (Lipinski definition) is 0. The van der Waals surface area contributed by atoms with E-state index in [4.69, 9.17) is 0 Å². The molecule has 6 aromatic rings. The third-order valence-corrected chi connectivity index (χ3v) is 10.2. The van der Waals surface area contributed by atoms with Crippen LogP contribution in [0, 0.1) is 35.5 Å². The fourth-order valence-corrected chi connectivity index (χ4v) is 7.78. The van der Waals surface area contributed by atoms with Crippen LogP contribution in [0.4, 0.5) is 0 Å². The molecule has 42 heavy (non-hydrogen) atoms. The summed E-state index contributed by atoms with van der Waals surface area (Å²) in [6.07, 6.45) is 11.2. The van der Waals surface area contributed by atoms with E-state index in [1.165, 1.54) is 47.3 Å². The minimum Gasteiger partial charge on any atom is -0.126 e. The maximum Gasteiger partial charge on any atom is 0.0779 e. The number of hydrogen-bond acceptors (Lipinski definition) is 2. The molecule has 0 saturated heterocycles. The van der Waals surface area contributed by atoms with E-state index in [1.54, 1.807) is 22.7 Å². The Hall–Kier alpha value is -4.86. The van der Waals surface area contributed by atoms with E-state index in [-0.39, 0.29) is 0 Å². The summed E-state index contributed by atoms with van der Waals surface area (Å²) in [7, 11) is 0. The topological polar surface area (TPSA) is 0 Å². The molecule has 0 amide bonds. The normalized spacial score (nSPS) is 16.6. The molecule has 0 fully saturated rings. The Morgan fingerprint density at radius 3 is 1.90 bits per heavy atom. The highest BCUT2D eigenvalue weighted by Gasteiger charge is 2.23. The van der Waals surface area contributed by atoms with Gasteiger partial charge in [-0.3, -0.25) is 0 Å². The van der Waals surface area contributed by atoms with E-state index in [9.17, 15) is 0 Å². The first-order chi connectivity index (χ1) is 20.8. The van der Waals surface area contributed by atoms with Crippen LogP contribution < -0.4 is 10.4 Å². The second kappa shape index (κ2) is 10.5. The lowest BCUT2D eigenvalue weighted by Crippen LogP contribution is -2.35. The monoisotopic (exact) mass is 568 g/mol. The van der Waals surface area contributed by atoms with Gasteiger partial charge in [-0.25, -0.2) is 0 Å². The predicted molar refractivity (Wildman–Crippen MR) is 181 cm³/mol. The standard InChI is InChI=1S/C40H24S2/c1-5-13-33-27(9-1)25-28-10-2-6-14-34(28)37(33)21-17-31-19-23-39(41-31)40-24-20-32(42-40)18-22-38-35-15-7-3-11-29(35)26-30-12-4-8-16-36(30)38/h1-16,19-20,23-27,33H. The van der Waals surface area contributed by atoms with E-state index in [0.717, 1.165) is 15.3 Å². The smallest absolute Gasteiger partial charge is 0.0779 e. The van der Waals surface area contributed by atoms with Crippen LogP contribution >= 0.6 is 22.7 Å². The molecule has 2 atom stereocenters. The molecule has 0 radical (unpaired) electrons. The van der Waals surface area contributed by atoms with Gasteiger partial charge >= 0.3 is 0 Å². The van der Waals surface area contributed by atoms with Crippen LogP contribution in [0.1, 0.15) is 15.3 Å². The molecule has 8 rings (SSSR count). The van der Waals surface area contributed by atoms with E-state index in [0.29, 0.717) is 11.8 Å². The summed E-state index contributed by atoms with van der Waals surface area (Å²) in [4.78, 5) is 4.61. The zero-order valence-corrected chi connectivity index (χ0v) is 24.3. The lowest BCUT2D eigenvalue weighted by atomic mass is 9.78. The molecular weight excluding hydrogens is 545 g/mol. The molecule has 0 N–H and O–H groups in total. The predicted octanol–water partition coefficient (Wildman–Crippen LogP) is 8.54. The maximum atomic E-state index is 3.58. The molecule has 2 unspecified atom stereocenters. The zero-order valence-electron chi connectivity index (χ0n) is 22.7. The molecule has 2 heteroatoms. The van der Waals surface area contributed by atoms with Gasteiger partial charge in [0.05, 0.1) is 9.75 Å². The lowest BCUT2D eigenvalue weighted by Gasteiger charge is -2.25. The third kappa shape index (κ3) is 4.52. The van der Waals surface area contributed by atoms with Gasteiger partial charge in [-0.2, -0.15) is 0 Å². The number of allylic oxidation sites excluding steroid dienone is 4. The molecule has 0 aliphatic heterocycles. The van der Waals surface area contributed by atoms with E-state index >= 15 is 0 Å². The minimum atomic E-state index is 0.300. The Labute approximate surface area is 253 Å². The SMILES string of the molecule is C(#Cc1ccc(-c2ccc(C#Cc3c4ccccc4cc4ccccc34)s2)s1)C1=c2ccccc2=CC2C=CC=CC12. The highest BCUT2D eigenvalue weighted by atomic mass is 32.1. The molecular formula is C40H24S2. The number of rotatable bonds is 1. The average Bonchev–Trinajstić information content (AvgIpc) is 3.71. The van der Waals surface area contributed by atoms with Gasteiger partial charge in [0.1, 0.15) is 0 Å². The molecule has 0 spiro atoms. The third-order valence-electron chi connectivity index (χ3n) is 7.99. The second-order valence-electron chi connectivity index (χ2n) is 10.6. The van der Waals surface area contributed by atoms with Crippen molar-refractivity contribution in [2.45, 2.75) is 0 Å². The van der Waals surface area contributed by atoms with Gasteiger partial charge in [0, 0.05) is 32.7 Å². The van der Waals surface area contributed by atoms with Crippen molar-refractivity contribution in [3.8, 4) is 33.4 Å². The first kappa shape index (κ1) is 24.9. The fraction of sp³-hybridized carbons (Fsp3) is 0.0500. The van der Waals surface area contributed by atoms with Gasteiger partial charge in [-0.1, -0.05) is 127 Å². The summed E-state index contributed by atoms with van der Waals surface area (Å²) in [5.74, 6) is 14.8. The van der Waals surface area contributed by atoms with Crippen molar-refractivity contribution < 1.29 is 0 Å². The van der Waals surface area contributed by atoms with Gasteiger partial charge in [-0.15, -0.1) is 22.7 Å². The second-order valence-corrected chi connectivity index (χ2v) is 12.7. The van der Waals surface area contributed by atoms with Crippen LogP contribution in [0.5, 0.6) is 0 Å². The van der Waals surface area contributed by atoms with Crippen LogP contribution in [-0.4, -0.2) is 0 Å². The average molecular weight is 569 g/mol. The molecule has 2 aromatic heterocycles. The van der Waals surface area contributed by atoms with Crippen molar-refractivity contribution in [1.29, 1.82) is 0 Å². The molecule has 0 nitrogen and oxygen atoms in total. The van der Waals surface area contributed by atoms with Gasteiger partial charge in [0.2, 0.25) is 0 Å². The van der Waals surface area contributed by atoms with Crippen LogP contribution in [0.25, 0.3) is 42.9 Å². The summed E-state index contributed by atoms with van der Waals surface area (Å²) in [5, 5.41) is 7.37. The quantitative estimate of drug-likeness (QED) is 0.138. The van der Waals surface area contributed by atoms with Crippen molar-refractivity contribution in [2.24, 2.45) is 11.8 Å². The van der Waals surface area contributed by atoms with Crippen molar-refractivity contribution >= 4 is 55.9 Å². The fourth-order valence-electron chi connectivity index (χ4n) is 5.97. The summed E-state index contributed by atoms with van der Waals surface area (Å²) in [6.45, 7) is 0. The molecule has 2 aliphatic rings. The Bertz CT molecular complexity index is 2280. The molecule has 196 valence electrons. The van der Waals surface area contributed by atoms with Gasteiger partial charge in [0.25, 0.3) is 0 Å². The van der Waals surface area contributed by atoms with E-state index in [2.05, 4.69) is 157 Å². The first-order valence-electron chi connectivity index (χ1n) is 14.1. The summed E-state index contributed by atoms with van der Waals surface area (Å²) in [6, 6.07) is 36.6. The Balaban J connectivity index is 1.11. The molecule has 2 heterocycles. The van der Waals surface area contributed by atoms with Gasteiger partial charge in [0.15, 0.2) is 0 Å². The van der Waals surface area contributed by atoms with Gasteiger partial charge < -0.3 is 0 Å². The largest absolute Gasteiger partial charge is 0.126 e. The molecule has 0 bridgehead atoms. The van der Waals surface area contributed by atoms with Gasteiger partial charge in [-0.05, 0) is 62.3 Å². The number of benzene rings is 4. The minimum absolute atomic E-state index is 0.300. The number of fused-ring (bicyclic) bond motifs is 4. The van der Waals surface area contributed by atoms with Crippen LogP contribution in [0.15, 0.2) is 127 Å². The van der Waals surface area contributed by atoms with E-state index < -0.39 is 0 Å². The van der Waals surface area contributed by atoms with Crippen molar-refractivity contribution in [3.63, 3.8) is 0 Å². The summed E-state index contributed by atoms with van der Waals surface area (Å²) < 4.78 is 0. The summed E-state index contributed by atoms with van der Waals surface area (Å²) in [5.41, 5.74) is 2.31. The first-order valence-corrected chi connectivity index (χ1v) is 15.7. The Kier molecular flexibility index (Phi) is 6.23. The highest BCUT2D eigenvalue weighted by Crippen LogP contribution is 2.34. The van der Waals surface area contributed by atoms with E-state index in [1.807, 2.05) is 0 Å². The maximum absolute atomic E-state index is 3.58. The lowest BCUT2D eigenvalue weighted by molar-refractivity contribution is 0.710.